The molecule has 3 N–H and O–H groups in total. The Balaban J connectivity index is 2.14. The predicted molar refractivity (Wildman–Crippen MR) is 63.1 cm³/mol. The van der Waals surface area contributed by atoms with Gasteiger partial charge in [-0.1, -0.05) is 0 Å². The number of carbonyl (C=O) groups is 2. The van der Waals surface area contributed by atoms with Crippen LogP contribution in [0.25, 0.3) is 0 Å². The second kappa shape index (κ2) is 4.50. The van der Waals surface area contributed by atoms with Crippen LogP contribution in [0.1, 0.15) is 12.1 Å². The normalized spacial score (nSPS) is 25.0. The van der Waals surface area contributed by atoms with Crippen LogP contribution in [-0.2, 0) is 16.0 Å². The summed E-state index contributed by atoms with van der Waals surface area (Å²) >= 11 is 3.84. The van der Waals surface area contributed by atoms with E-state index in [0.29, 0.717) is 19.4 Å². The van der Waals surface area contributed by atoms with Crippen molar-refractivity contribution in [3.8, 4) is 0 Å². The van der Waals surface area contributed by atoms with Crippen LogP contribution in [0.15, 0.2) is 12.5 Å². The van der Waals surface area contributed by atoms with Gasteiger partial charge in [-0.25, -0.2) is 4.98 Å². The van der Waals surface area contributed by atoms with Crippen molar-refractivity contribution >= 4 is 24.4 Å². The number of Topliss-reactive ketones (excluding diaryl/α,β-unsaturated/α-hetero) is 1. The van der Waals surface area contributed by atoms with Gasteiger partial charge in [0.2, 0.25) is 0 Å². The molecule has 0 radical (unpaired) electrons. The fraction of sp³-hybridized carbons (Fsp3) is 0.500. The quantitative estimate of drug-likeness (QED) is 0.425. The molecular weight excluding hydrogens is 242 g/mol. The summed E-state index contributed by atoms with van der Waals surface area (Å²) in [6, 6.07) is 0. The molecule has 1 aromatic rings. The summed E-state index contributed by atoms with van der Waals surface area (Å²) in [5, 5.41) is 10.6. The molecule has 2 rings (SSSR count). The molecule has 17 heavy (non-hydrogen) atoms. The van der Waals surface area contributed by atoms with Crippen molar-refractivity contribution in [3.05, 3.63) is 18.2 Å². The minimum atomic E-state index is -1.29. The summed E-state index contributed by atoms with van der Waals surface area (Å²) in [6.07, 6.45) is 4.19. The van der Waals surface area contributed by atoms with Crippen LogP contribution in [0.3, 0.4) is 0 Å². The van der Waals surface area contributed by atoms with Gasteiger partial charge < -0.3 is 15.4 Å². The lowest BCUT2D eigenvalue weighted by Crippen LogP contribution is -2.66. The number of nitrogens with one attached hydrogen (secondary N) is 2. The van der Waals surface area contributed by atoms with Crippen molar-refractivity contribution in [2.75, 3.05) is 6.54 Å². The van der Waals surface area contributed by atoms with Crippen molar-refractivity contribution in [2.45, 2.75) is 23.6 Å². The van der Waals surface area contributed by atoms with E-state index >= 15 is 0 Å². The predicted octanol–water partition coefficient (Wildman–Crippen LogP) is -0.364. The highest BCUT2D eigenvalue weighted by atomic mass is 32.1. The zero-order valence-electron chi connectivity index (χ0n) is 9.01. The van der Waals surface area contributed by atoms with Gasteiger partial charge in [-0.05, 0) is 13.0 Å². The topological polar surface area (TPSA) is 95.1 Å². The van der Waals surface area contributed by atoms with Gasteiger partial charge in [0.15, 0.2) is 11.0 Å². The Morgan fingerprint density at radius 3 is 2.76 bits per heavy atom. The van der Waals surface area contributed by atoms with Crippen LogP contribution < -0.4 is 5.32 Å². The van der Waals surface area contributed by atoms with E-state index in [1.165, 1.54) is 6.33 Å². The summed E-state index contributed by atoms with van der Waals surface area (Å²) in [7, 11) is 0. The largest absolute Gasteiger partial charge is 0.480 e. The number of hydrogen-bond donors (Lipinski definition) is 4. The number of imidazole rings is 1. The third-order valence-electron chi connectivity index (χ3n) is 3.02. The highest BCUT2D eigenvalue weighted by Gasteiger charge is 2.47. The van der Waals surface area contributed by atoms with Crippen LogP contribution in [0.5, 0.6) is 0 Å². The molecule has 2 atom stereocenters. The first kappa shape index (κ1) is 12.1. The zero-order chi connectivity index (χ0) is 12.5. The molecule has 0 amide bonds. The Bertz CT molecular complexity index is 428. The number of carboxylic acid groups (broad SMARTS) is 1. The summed E-state index contributed by atoms with van der Waals surface area (Å²) in [6.45, 7) is 0.708. The van der Waals surface area contributed by atoms with E-state index in [1.807, 2.05) is 0 Å². The molecule has 92 valence electrons. The van der Waals surface area contributed by atoms with Gasteiger partial charge in [-0.3, -0.25) is 9.59 Å². The number of ketones is 1. The molecule has 7 heteroatoms. The van der Waals surface area contributed by atoms with E-state index in [4.69, 9.17) is 5.11 Å². The first-order valence-electron chi connectivity index (χ1n) is 5.23. The number of H-pyrrole nitrogens is 1. The molecule has 1 unspecified atom stereocenters. The minimum Gasteiger partial charge on any atom is -0.480 e. The number of nitrogens with zero attached hydrogens (tertiary/aromatic N) is 1. The first-order valence-corrected chi connectivity index (χ1v) is 5.74. The van der Waals surface area contributed by atoms with Crippen LogP contribution >= 0.6 is 12.6 Å². The molecule has 1 aliphatic heterocycles. The number of aliphatic carboxylic acids is 1. The third-order valence-corrected chi connectivity index (χ3v) is 3.47. The minimum absolute atomic E-state index is 0.394. The standard InChI is InChI=1S/C10H13N3O3S/c14-8(7(17)9(15)16)10(1-2-13-10)3-6-4-11-5-12-6/h4-5,7,13,17H,1-3H2,(H,11,12)(H,15,16)/t7?,10-/m0/s1. The van der Waals surface area contributed by atoms with E-state index in [1.54, 1.807) is 6.20 Å². The van der Waals surface area contributed by atoms with E-state index in [-0.39, 0.29) is 0 Å². The van der Waals surface area contributed by atoms with Crippen molar-refractivity contribution in [2.24, 2.45) is 0 Å². The Labute approximate surface area is 103 Å². The lowest BCUT2D eigenvalue weighted by Gasteiger charge is -2.42. The van der Waals surface area contributed by atoms with Gasteiger partial charge in [0, 0.05) is 18.3 Å². The number of hydrogen-bond acceptors (Lipinski definition) is 5. The van der Waals surface area contributed by atoms with Crippen LogP contribution in [-0.4, -0.2) is 44.2 Å². The van der Waals surface area contributed by atoms with Crippen molar-refractivity contribution in [3.63, 3.8) is 0 Å². The maximum absolute atomic E-state index is 12.1. The molecule has 0 saturated carbocycles. The SMILES string of the molecule is O=C(O)C(S)C(=O)[C@@]1(Cc2cnc[nH]2)CCN1. The lowest BCUT2D eigenvalue weighted by molar-refractivity contribution is -0.142. The highest BCUT2D eigenvalue weighted by molar-refractivity contribution is 7.82. The number of rotatable bonds is 5. The van der Waals surface area contributed by atoms with Gasteiger partial charge in [-0.2, -0.15) is 12.6 Å². The molecule has 1 fully saturated rings. The molecule has 1 aliphatic rings. The molecular formula is C10H13N3O3S. The third kappa shape index (κ3) is 2.20. The van der Waals surface area contributed by atoms with Crippen LogP contribution in [0, 0.1) is 0 Å². The average Bonchev–Trinajstić information content (AvgIpc) is 2.73. The molecule has 0 spiro atoms. The molecule has 2 heterocycles. The monoisotopic (exact) mass is 255 g/mol. The van der Waals surface area contributed by atoms with Gasteiger partial charge in [0.25, 0.3) is 0 Å². The molecule has 1 saturated heterocycles. The Kier molecular flexibility index (Phi) is 3.21. The molecule has 0 aliphatic carbocycles. The fourth-order valence-electron chi connectivity index (χ4n) is 1.96. The maximum Gasteiger partial charge on any atom is 0.324 e. The number of thiol groups is 1. The molecule has 0 bridgehead atoms. The van der Waals surface area contributed by atoms with Crippen molar-refractivity contribution in [1.29, 1.82) is 0 Å². The van der Waals surface area contributed by atoms with Crippen molar-refractivity contribution < 1.29 is 14.7 Å². The second-order valence-electron chi connectivity index (χ2n) is 4.12. The van der Waals surface area contributed by atoms with E-state index in [0.717, 1.165) is 5.69 Å². The molecule has 1 aromatic heterocycles. The summed E-state index contributed by atoms with van der Waals surface area (Å²) in [5.41, 5.74) is -0.00591. The van der Waals surface area contributed by atoms with Gasteiger partial charge in [0.05, 0.1) is 11.9 Å². The van der Waals surface area contributed by atoms with Crippen LogP contribution in [0.4, 0.5) is 0 Å². The molecule has 6 nitrogen and oxygen atoms in total. The van der Waals surface area contributed by atoms with E-state index in [9.17, 15) is 9.59 Å². The van der Waals surface area contributed by atoms with E-state index in [2.05, 4.69) is 27.9 Å². The first-order chi connectivity index (χ1) is 8.05. The summed E-state index contributed by atoms with van der Waals surface area (Å²) < 4.78 is 0. The van der Waals surface area contributed by atoms with Gasteiger partial charge in [-0.15, -0.1) is 0 Å². The number of aromatic amines is 1. The Morgan fingerprint density at radius 2 is 2.35 bits per heavy atom. The summed E-state index contributed by atoms with van der Waals surface area (Å²) in [5.74, 6) is -1.61. The summed E-state index contributed by atoms with van der Waals surface area (Å²) in [4.78, 5) is 29.6. The number of carboxylic acids is 1. The number of aromatic nitrogens is 2. The fourth-order valence-corrected chi connectivity index (χ4v) is 2.20. The smallest absolute Gasteiger partial charge is 0.324 e. The molecule has 0 aromatic carbocycles. The lowest BCUT2D eigenvalue weighted by atomic mass is 9.78. The second-order valence-corrected chi connectivity index (χ2v) is 4.63. The zero-order valence-corrected chi connectivity index (χ0v) is 9.91. The number of carbonyl (C=O) groups excluding carboxylic acids is 1. The van der Waals surface area contributed by atoms with Crippen LogP contribution in [0.2, 0.25) is 0 Å². The Hall–Kier alpha value is -1.34. The maximum atomic E-state index is 12.1. The average molecular weight is 255 g/mol. The highest BCUT2D eigenvalue weighted by Crippen LogP contribution is 2.27. The Morgan fingerprint density at radius 1 is 1.65 bits per heavy atom. The van der Waals surface area contributed by atoms with Gasteiger partial charge >= 0.3 is 5.97 Å². The van der Waals surface area contributed by atoms with E-state index < -0.39 is 22.5 Å². The van der Waals surface area contributed by atoms with Gasteiger partial charge in [0.1, 0.15) is 0 Å². The van der Waals surface area contributed by atoms with Crippen molar-refractivity contribution in [1.82, 2.24) is 15.3 Å².